The highest BCUT2D eigenvalue weighted by Gasteiger charge is 2.32. The molecule has 0 saturated carbocycles. The van der Waals surface area contributed by atoms with Gasteiger partial charge in [0.2, 0.25) is 5.91 Å². The Kier molecular flexibility index (Phi) is 5.22. The molecule has 1 aromatic heterocycles. The second-order valence-corrected chi connectivity index (χ2v) is 6.81. The Morgan fingerprint density at radius 1 is 0.933 bits per heavy atom. The zero-order valence-corrected chi connectivity index (χ0v) is 17.3. The number of carbonyl (C=O) groups excluding carboxylic acids is 1. The summed E-state index contributed by atoms with van der Waals surface area (Å²) in [6, 6.07) is 11.1. The van der Waals surface area contributed by atoms with E-state index in [1.165, 1.54) is 0 Å². The average Bonchev–Trinajstić information content (AvgIpc) is 3.21. The Morgan fingerprint density at radius 2 is 1.67 bits per heavy atom. The highest BCUT2D eigenvalue weighted by Crippen LogP contribution is 2.41. The summed E-state index contributed by atoms with van der Waals surface area (Å²) in [7, 11) is 6.38. The van der Waals surface area contributed by atoms with Crippen LogP contribution in [0, 0.1) is 0 Å². The Morgan fingerprint density at radius 3 is 2.37 bits per heavy atom. The molecule has 0 spiro atoms. The van der Waals surface area contributed by atoms with Crippen LogP contribution in [-0.2, 0) is 4.79 Å². The van der Waals surface area contributed by atoms with Crippen LogP contribution in [0.15, 0.2) is 42.7 Å². The lowest BCUT2D eigenvalue weighted by Crippen LogP contribution is -2.25. The van der Waals surface area contributed by atoms with Crippen LogP contribution in [-0.4, -0.2) is 43.9 Å². The summed E-state index contributed by atoms with van der Waals surface area (Å²) < 4.78 is 23.4. The summed E-state index contributed by atoms with van der Waals surface area (Å²) in [5.41, 5.74) is 2.41. The van der Waals surface area contributed by atoms with Gasteiger partial charge in [-0.05, 0) is 29.8 Å². The fraction of sp³-hybridized carbons (Fsp3) is 0.273. The minimum absolute atomic E-state index is 0.0918. The van der Waals surface area contributed by atoms with E-state index in [0.717, 1.165) is 16.9 Å². The number of hydrogen-bond donors (Lipinski definition) is 1. The number of methoxy groups -OCH3 is 4. The number of aromatic nitrogens is 2. The second-order valence-electron chi connectivity index (χ2n) is 6.81. The highest BCUT2D eigenvalue weighted by molar-refractivity contribution is 5.94. The number of amides is 1. The van der Waals surface area contributed by atoms with E-state index in [1.807, 2.05) is 41.0 Å². The summed E-state index contributed by atoms with van der Waals surface area (Å²) in [6.07, 6.45) is 1.97. The first kappa shape index (κ1) is 19.6. The quantitative estimate of drug-likeness (QED) is 0.672. The van der Waals surface area contributed by atoms with Crippen molar-refractivity contribution in [3.8, 4) is 28.7 Å². The van der Waals surface area contributed by atoms with Gasteiger partial charge in [0.1, 0.15) is 23.6 Å². The van der Waals surface area contributed by atoms with Crippen LogP contribution in [0.25, 0.3) is 5.69 Å². The molecule has 4 rings (SSSR count). The van der Waals surface area contributed by atoms with Gasteiger partial charge in [-0.1, -0.05) is 6.07 Å². The molecule has 30 heavy (non-hydrogen) atoms. The molecule has 1 atom stereocenters. The van der Waals surface area contributed by atoms with E-state index in [4.69, 9.17) is 18.9 Å². The largest absolute Gasteiger partial charge is 0.497 e. The minimum atomic E-state index is -0.216. The third-order valence-electron chi connectivity index (χ3n) is 5.23. The zero-order valence-electron chi connectivity index (χ0n) is 17.3. The lowest BCUT2D eigenvalue weighted by molar-refractivity contribution is -0.116. The van der Waals surface area contributed by atoms with Gasteiger partial charge in [-0.15, -0.1) is 0 Å². The molecule has 1 aliphatic rings. The zero-order chi connectivity index (χ0) is 21.3. The van der Waals surface area contributed by atoms with Crippen LogP contribution in [0.1, 0.15) is 23.6 Å². The molecule has 1 amide bonds. The van der Waals surface area contributed by atoms with Crippen molar-refractivity contribution in [1.29, 1.82) is 0 Å². The van der Waals surface area contributed by atoms with Gasteiger partial charge >= 0.3 is 0 Å². The number of benzene rings is 2. The van der Waals surface area contributed by atoms with Crippen molar-refractivity contribution >= 4 is 11.7 Å². The monoisotopic (exact) mass is 409 g/mol. The number of fused-ring (bicyclic) bond motifs is 1. The van der Waals surface area contributed by atoms with Gasteiger partial charge in [0.15, 0.2) is 11.5 Å². The van der Waals surface area contributed by atoms with Crippen molar-refractivity contribution in [1.82, 2.24) is 9.55 Å². The summed E-state index contributed by atoms with van der Waals surface area (Å²) >= 11 is 0. The highest BCUT2D eigenvalue weighted by atomic mass is 16.5. The number of nitrogens with zero attached hydrogens (tertiary/aromatic N) is 2. The standard InChI is InChI=1S/C22H23N3O5/c1-27-14-6-8-17(28-2)16(10-14)25-12-23-21-15(11-20(26)24-22(21)25)13-5-7-18(29-3)19(9-13)30-4/h5-10,12,15H,11H2,1-4H3,(H,24,26). The van der Waals surface area contributed by atoms with Crippen molar-refractivity contribution in [2.45, 2.75) is 12.3 Å². The number of rotatable bonds is 6. The fourth-order valence-corrected chi connectivity index (χ4v) is 3.72. The first-order valence-corrected chi connectivity index (χ1v) is 9.41. The van der Waals surface area contributed by atoms with Crippen LogP contribution in [0.3, 0.4) is 0 Å². The van der Waals surface area contributed by atoms with E-state index >= 15 is 0 Å². The first-order chi connectivity index (χ1) is 14.6. The predicted octanol–water partition coefficient (Wildman–Crippen LogP) is 3.38. The second kappa shape index (κ2) is 7.98. The molecule has 8 nitrogen and oxygen atoms in total. The van der Waals surface area contributed by atoms with Gasteiger partial charge in [-0.3, -0.25) is 9.36 Å². The van der Waals surface area contributed by atoms with Crippen LogP contribution >= 0.6 is 0 Å². The number of nitrogens with one attached hydrogen (secondary N) is 1. The number of imidazole rings is 1. The number of ether oxygens (including phenoxy) is 4. The van der Waals surface area contributed by atoms with Crippen molar-refractivity contribution in [2.24, 2.45) is 0 Å². The SMILES string of the molecule is COc1ccc(OC)c(-n2cnc3c2NC(=O)CC3c2ccc(OC)c(OC)c2)c1. The Balaban J connectivity index is 1.82. The molecular formula is C22H23N3O5. The fourth-order valence-electron chi connectivity index (χ4n) is 3.72. The molecule has 1 unspecified atom stereocenters. The molecule has 2 aromatic carbocycles. The lowest BCUT2D eigenvalue weighted by atomic mass is 9.89. The van der Waals surface area contributed by atoms with E-state index in [2.05, 4.69) is 10.3 Å². The van der Waals surface area contributed by atoms with E-state index in [-0.39, 0.29) is 18.2 Å². The molecular weight excluding hydrogens is 386 g/mol. The minimum Gasteiger partial charge on any atom is -0.497 e. The molecule has 156 valence electrons. The smallest absolute Gasteiger partial charge is 0.226 e. The van der Waals surface area contributed by atoms with E-state index in [0.29, 0.717) is 28.8 Å². The maximum Gasteiger partial charge on any atom is 0.226 e. The van der Waals surface area contributed by atoms with Gasteiger partial charge < -0.3 is 24.3 Å². The normalized spacial score (nSPS) is 15.2. The van der Waals surface area contributed by atoms with Gasteiger partial charge in [0, 0.05) is 18.4 Å². The molecule has 8 heteroatoms. The molecule has 0 fully saturated rings. The molecule has 3 aromatic rings. The van der Waals surface area contributed by atoms with Gasteiger partial charge in [-0.25, -0.2) is 4.98 Å². The Bertz CT molecular complexity index is 1090. The Labute approximate surface area is 174 Å². The maximum absolute atomic E-state index is 12.6. The third kappa shape index (κ3) is 3.30. The summed E-state index contributed by atoms with van der Waals surface area (Å²) in [4.78, 5) is 17.2. The lowest BCUT2D eigenvalue weighted by Gasteiger charge is -2.24. The molecule has 0 saturated heterocycles. The van der Waals surface area contributed by atoms with Crippen molar-refractivity contribution < 1.29 is 23.7 Å². The van der Waals surface area contributed by atoms with Gasteiger partial charge in [0.25, 0.3) is 0 Å². The summed E-state index contributed by atoms with van der Waals surface area (Å²) in [5.74, 6) is 2.85. The topological polar surface area (TPSA) is 83.8 Å². The number of carbonyl (C=O) groups is 1. The summed E-state index contributed by atoms with van der Waals surface area (Å²) in [5, 5.41) is 2.96. The molecule has 0 aliphatic carbocycles. The van der Waals surface area contributed by atoms with Gasteiger partial charge in [0.05, 0.1) is 39.8 Å². The van der Waals surface area contributed by atoms with Crippen LogP contribution in [0.2, 0.25) is 0 Å². The average molecular weight is 409 g/mol. The Hall–Kier alpha value is -3.68. The first-order valence-electron chi connectivity index (χ1n) is 9.41. The van der Waals surface area contributed by atoms with Crippen molar-refractivity contribution in [3.05, 3.63) is 54.0 Å². The van der Waals surface area contributed by atoms with E-state index in [9.17, 15) is 4.79 Å². The number of hydrogen-bond acceptors (Lipinski definition) is 6. The predicted molar refractivity (Wildman–Crippen MR) is 111 cm³/mol. The molecule has 0 bridgehead atoms. The van der Waals surface area contributed by atoms with E-state index in [1.54, 1.807) is 34.8 Å². The summed E-state index contributed by atoms with van der Waals surface area (Å²) in [6.45, 7) is 0. The van der Waals surface area contributed by atoms with Crippen molar-refractivity contribution in [2.75, 3.05) is 33.8 Å². The maximum atomic E-state index is 12.6. The van der Waals surface area contributed by atoms with E-state index < -0.39 is 0 Å². The molecule has 1 aliphatic heterocycles. The van der Waals surface area contributed by atoms with Crippen molar-refractivity contribution in [3.63, 3.8) is 0 Å². The van der Waals surface area contributed by atoms with Crippen LogP contribution < -0.4 is 24.3 Å². The molecule has 1 N–H and O–H groups in total. The molecule has 0 radical (unpaired) electrons. The third-order valence-corrected chi connectivity index (χ3v) is 5.23. The molecule has 2 heterocycles. The van der Waals surface area contributed by atoms with Crippen LogP contribution in [0.4, 0.5) is 5.82 Å². The van der Waals surface area contributed by atoms with Crippen LogP contribution in [0.5, 0.6) is 23.0 Å². The number of anilines is 1. The van der Waals surface area contributed by atoms with Gasteiger partial charge in [-0.2, -0.15) is 0 Å².